The van der Waals surface area contributed by atoms with E-state index < -0.39 is 10.0 Å². The van der Waals surface area contributed by atoms with Crippen molar-refractivity contribution < 1.29 is 13.2 Å². The molecular formula is C20H32ClN3O3S. The minimum atomic E-state index is -3.20. The summed E-state index contributed by atoms with van der Waals surface area (Å²) in [6, 6.07) is 3.45. The van der Waals surface area contributed by atoms with Gasteiger partial charge in [-0.15, -0.1) is 0 Å². The molecule has 0 aliphatic carbocycles. The van der Waals surface area contributed by atoms with E-state index in [1.807, 2.05) is 37.8 Å². The number of amides is 1. The van der Waals surface area contributed by atoms with Crippen LogP contribution in [0.1, 0.15) is 44.2 Å². The average molecular weight is 430 g/mol. The first-order valence-corrected chi connectivity index (χ1v) is 11.9. The standard InChI is InChI=1S/C20H32ClN3O3S/c1-5-6-7-12-28(26,27)24-10-8-23(9-11-24)17(4)20(25)22-19-16(3)13-15(2)14-18(19)21/h13-14,17H,5-12H2,1-4H3,(H,22,25). The van der Waals surface area contributed by atoms with Crippen molar-refractivity contribution in [1.82, 2.24) is 9.21 Å². The highest BCUT2D eigenvalue weighted by Crippen LogP contribution is 2.27. The van der Waals surface area contributed by atoms with Gasteiger partial charge in [-0.25, -0.2) is 8.42 Å². The van der Waals surface area contributed by atoms with Crippen LogP contribution in [0.4, 0.5) is 5.69 Å². The Labute approximate surface area is 174 Å². The summed E-state index contributed by atoms with van der Waals surface area (Å²) in [7, 11) is -3.20. The number of rotatable bonds is 8. The van der Waals surface area contributed by atoms with E-state index in [0.29, 0.717) is 43.3 Å². The third-order valence-electron chi connectivity index (χ3n) is 5.28. The van der Waals surface area contributed by atoms with Crippen molar-refractivity contribution in [2.75, 3.05) is 37.2 Å². The molecule has 0 spiro atoms. The molecule has 1 saturated heterocycles. The Hall–Kier alpha value is -1.15. The number of carbonyl (C=O) groups is 1. The van der Waals surface area contributed by atoms with Crippen LogP contribution in [0.2, 0.25) is 5.02 Å². The largest absolute Gasteiger partial charge is 0.323 e. The molecule has 1 aliphatic heterocycles. The van der Waals surface area contributed by atoms with Gasteiger partial charge in [0.15, 0.2) is 0 Å². The van der Waals surface area contributed by atoms with Crippen LogP contribution in [-0.2, 0) is 14.8 Å². The summed E-state index contributed by atoms with van der Waals surface area (Å²) in [5.74, 6) is 0.0790. The van der Waals surface area contributed by atoms with Crippen molar-refractivity contribution in [3.8, 4) is 0 Å². The van der Waals surface area contributed by atoms with Gasteiger partial charge in [-0.1, -0.05) is 37.4 Å². The molecule has 0 radical (unpaired) electrons. The molecule has 1 aliphatic rings. The van der Waals surface area contributed by atoms with E-state index in [0.717, 1.165) is 24.0 Å². The number of hydrogen-bond acceptors (Lipinski definition) is 4. The van der Waals surface area contributed by atoms with E-state index in [1.165, 1.54) is 0 Å². The van der Waals surface area contributed by atoms with Gasteiger partial charge in [-0.2, -0.15) is 4.31 Å². The topological polar surface area (TPSA) is 69.7 Å². The van der Waals surface area contributed by atoms with Crippen LogP contribution in [0.5, 0.6) is 0 Å². The molecule has 8 heteroatoms. The maximum atomic E-state index is 12.7. The first-order chi connectivity index (χ1) is 13.2. The van der Waals surface area contributed by atoms with Crippen LogP contribution in [0.15, 0.2) is 12.1 Å². The number of sulfonamides is 1. The third-order valence-corrected chi connectivity index (χ3v) is 7.53. The van der Waals surface area contributed by atoms with Crippen LogP contribution in [-0.4, -0.2) is 61.5 Å². The Morgan fingerprint density at radius 2 is 1.82 bits per heavy atom. The second kappa shape index (κ2) is 10.1. The summed E-state index contributed by atoms with van der Waals surface area (Å²) >= 11 is 6.29. The predicted molar refractivity (Wildman–Crippen MR) is 115 cm³/mol. The van der Waals surface area contributed by atoms with Gasteiger partial charge in [0, 0.05) is 26.2 Å². The fourth-order valence-electron chi connectivity index (χ4n) is 3.50. The number of nitrogens with one attached hydrogen (secondary N) is 1. The number of carbonyl (C=O) groups excluding carboxylic acids is 1. The number of piperazine rings is 1. The average Bonchev–Trinajstić information content (AvgIpc) is 2.64. The molecule has 1 atom stereocenters. The third kappa shape index (κ3) is 5.92. The van der Waals surface area contributed by atoms with E-state index in [1.54, 1.807) is 4.31 Å². The molecule has 0 bridgehead atoms. The van der Waals surface area contributed by atoms with Crippen molar-refractivity contribution in [2.24, 2.45) is 0 Å². The molecule has 0 aromatic heterocycles. The van der Waals surface area contributed by atoms with Crippen molar-refractivity contribution in [3.05, 3.63) is 28.3 Å². The first-order valence-electron chi connectivity index (χ1n) is 9.95. The van der Waals surface area contributed by atoms with E-state index >= 15 is 0 Å². The smallest absolute Gasteiger partial charge is 0.241 e. The van der Waals surface area contributed by atoms with Crippen molar-refractivity contribution >= 4 is 33.2 Å². The summed E-state index contributed by atoms with van der Waals surface area (Å²) in [5, 5.41) is 3.46. The van der Waals surface area contributed by atoms with Gasteiger partial charge in [0.2, 0.25) is 15.9 Å². The number of unbranched alkanes of at least 4 members (excludes halogenated alkanes) is 2. The summed E-state index contributed by atoms with van der Waals surface area (Å²) in [4.78, 5) is 14.7. The highest BCUT2D eigenvalue weighted by Gasteiger charge is 2.30. The maximum absolute atomic E-state index is 12.7. The van der Waals surface area contributed by atoms with Crippen molar-refractivity contribution in [2.45, 2.75) is 53.0 Å². The normalized spacial score (nSPS) is 17.5. The predicted octanol–water partition coefficient (Wildman–Crippen LogP) is 3.42. The zero-order chi connectivity index (χ0) is 20.9. The van der Waals surface area contributed by atoms with Crippen LogP contribution < -0.4 is 5.32 Å². The molecule has 1 aromatic carbocycles. The molecule has 0 saturated carbocycles. The van der Waals surface area contributed by atoms with Crippen LogP contribution in [0.25, 0.3) is 0 Å². The van der Waals surface area contributed by atoms with Gasteiger partial charge < -0.3 is 5.32 Å². The van der Waals surface area contributed by atoms with E-state index in [-0.39, 0.29) is 17.7 Å². The molecule has 6 nitrogen and oxygen atoms in total. The van der Waals surface area contributed by atoms with E-state index in [4.69, 9.17) is 11.6 Å². The van der Waals surface area contributed by atoms with Crippen LogP contribution >= 0.6 is 11.6 Å². The highest BCUT2D eigenvalue weighted by atomic mass is 35.5. The number of aryl methyl sites for hydroxylation is 2. The Morgan fingerprint density at radius 3 is 2.39 bits per heavy atom. The quantitative estimate of drug-likeness (QED) is 0.643. The second-order valence-corrected chi connectivity index (χ2v) is 10.1. The van der Waals surface area contributed by atoms with Gasteiger partial charge in [-0.3, -0.25) is 9.69 Å². The number of nitrogens with zero attached hydrogens (tertiary/aromatic N) is 2. The number of benzene rings is 1. The number of halogens is 1. The highest BCUT2D eigenvalue weighted by molar-refractivity contribution is 7.89. The zero-order valence-corrected chi connectivity index (χ0v) is 18.9. The molecular weight excluding hydrogens is 398 g/mol. The minimum absolute atomic E-state index is 0.131. The Bertz CT molecular complexity index is 767. The maximum Gasteiger partial charge on any atom is 0.241 e. The molecule has 1 amide bonds. The first kappa shape index (κ1) is 23.1. The fourth-order valence-corrected chi connectivity index (χ4v) is 5.42. The number of anilines is 1. The Morgan fingerprint density at radius 1 is 1.18 bits per heavy atom. The minimum Gasteiger partial charge on any atom is -0.323 e. The monoisotopic (exact) mass is 429 g/mol. The van der Waals surface area contributed by atoms with Gasteiger partial charge in [0.05, 0.1) is 22.5 Å². The van der Waals surface area contributed by atoms with Crippen LogP contribution in [0, 0.1) is 13.8 Å². The second-order valence-electron chi connectivity index (χ2n) is 7.56. The molecule has 1 N–H and O–H groups in total. The summed E-state index contributed by atoms with van der Waals surface area (Å²) in [5.41, 5.74) is 2.61. The Balaban J connectivity index is 1.93. The van der Waals surface area contributed by atoms with Gasteiger partial charge >= 0.3 is 0 Å². The molecule has 158 valence electrons. The lowest BCUT2D eigenvalue weighted by Crippen LogP contribution is -2.54. The molecule has 1 unspecified atom stereocenters. The van der Waals surface area contributed by atoms with Crippen molar-refractivity contribution in [1.29, 1.82) is 0 Å². The fraction of sp³-hybridized carbons (Fsp3) is 0.650. The van der Waals surface area contributed by atoms with Gasteiger partial charge in [0.1, 0.15) is 0 Å². The number of hydrogen-bond donors (Lipinski definition) is 1. The van der Waals surface area contributed by atoms with Crippen LogP contribution in [0.3, 0.4) is 0 Å². The van der Waals surface area contributed by atoms with E-state index in [2.05, 4.69) is 12.2 Å². The van der Waals surface area contributed by atoms with Gasteiger partial charge in [0.25, 0.3) is 0 Å². The van der Waals surface area contributed by atoms with E-state index in [9.17, 15) is 13.2 Å². The molecule has 1 heterocycles. The molecule has 28 heavy (non-hydrogen) atoms. The summed E-state index contributed by atoms with van der Waals surface area (Å²) in [6.07, 6.45) is 2.63. The lowest BCUT2D eigenvalue weighted by molar-refractivity contribution is -0.121. The lowest BCUT2D eigenvalue weighted by atomic mass is 10.1. The molecule has 2 rings (SSSR count). The summed E-state index contributed by atoms with van der Waals surface area (Å²) in [6.45, 7) is 9.72. The SMILES string of the molecule is CCCCCS(=O)(=O)N1CCN(C(C)C(=O)Nc2c(C)cc(C)cc2Cl)CC1. The Kier molecular flexibility index (Phi) is 8.30. The van der Waals surface area contributed by atoms with Crippen molar-refractivity contribution in [3.63, 3.8) is 0 Å². The van der Waals surface area contributed by atoms with Gasteiger partial charge in [-0.05, 0) is 44.4 Å². The zero-order valence-electron chi connectivity index (χ0n) is 17.3. The summed E-state index contributed by atoms with van der Waals surface area (Å²) < 4.78 is 26.4. The molecule has 1 aromatic rings. The molecule has 1 fully saturated rings. The lowest BCUT2D eigenvalue weighted by Gasteiger charge is -2.36.